The lowest BCUT2D eigenvalue weighted by Crippen LogP contribution is -2.33. The molecule has 0 N–H and O–H groups in total. The van der Waals surface area contributed by atoms with Crippen molar-refractivity contribution < 1.29 is 0 Å². The number of aromatic nitrogens is 2. The largest absolute Gasteiger partial charge is 0.309 e. The van der Waals surface area contributed by atoms with Gasteiger partial charge in [0.2, 0.25) is 0 Å². The zero-order chi connectivity index (χ0) is 56.7. The van der Waals surface area contributed by atoms with Crippen LogP contribution in [-0.4, -0.2) is 9.13 Å². The molecule has 0 saturated heterocycles. The maximum atomic E-state index is 2.63. The summed E-state index contributed by atoms with van der Waals surface area (Å²) in [6.45, 7) is 0. The predicted octanol–water partition coefficient (Wildman–Crippen LogP) is 21.2. The third-order valence-electron chi connectivity index (χ3n) is 20.3. The second-order valence-corrected chi connectivity index (χ2v) is 24.1. The minimum absolute atomic E-state index is 0.563. The molecular formula is C84H51N3. The SMILES string of the molecule is c1ccc(-n2c3ccccc3c3ccc(-c4ccc(N(c5cccc6c5-c5ccccc5C65c6ccccc6-n6c7ccccc7c7cccc5c76)c5cc6c(c7ccccc57)-c5ccccc5C65c6ccccc6-c6ccccc65)cc4)cc32)cc1. The van der Waals surface area contributed by atoms with Crippen molar-refractivity contribution >= 4 is 71.4 Å². The molecule has 16 aromatic rings. The molecule has 1 unspecified atom stereocenters. The van der Waals surface area contributed by atoms with Gasteiger partial charge < -0.3 is 14.0 Å². The standard InChI is InChI=1S/C84H51N3/c1-2-22-54(23-3-1)85-74-40-17-10-26-58(74)61-49-46-53(50-78(61)85)52-44-47-55(48-45-52)86(79-51-73-80(62-29-5-4-27-59(62)79)64-30-8-14-35-68(64)83(73)66-33-12-6-24-56(66)57-25-7-13-34-67(57)83)77-43-21-38-71-81(77)65-31-9-15-36-69(65)84(71)70-37-16-19-42-76(70)87-75-41-18-11-28-60(75)63-32-20-39-72(84)82(63)87/h1-51H. The Morgan fingerprint density at radius 1 is 0.253 bits per heavy atom. The second kappa shape index (κ2) is 17.2. The van der Waals surface area contributed by atoms with Crippen LogP contribution in [0.5, 0.6) is 0 Å². The Morgan fingerprint density at radius 3 is 1.45 bits per heavy atom. The molecular weight excluding hydrogens is 1050 g/mol. The van der Waals surface area contributed by atoms with Crippen LogP contribution in [0.4, 0.5) is 17.1 Å². The summed E-state index contributed by atoms with van der Waals surface area (Å²) in [6.07, 6.45) is 0. The van der Waals surface area contributed by atoms with Gasteiger partial charge in [0.1, 0.15) is 0 Å². The smallest absolute Gasteiger partial charge is 0.0755 e. The molecule has 20 rings (SSSR count). The van der Waals surface area contributed by atoms with Crippen molar-refractivity contribution in [3.8, 4) is 55.9 Å². The van der Waals surface area contributed by atoms with E-state index in [1.807, 2.05) is 0 Å². The molecule has 0 fully saturated rings. The van der Waals surface area contributed by atoms with Crippen molar-refractivity contribution in [2.45, 2.75) is 10.8 Å². The molecule has 1 atom stereocenters. The lowest BCUT2D eigenvalue weighted by Gasteiger charge is -2.39. The topological polar surface area (TPSA) is 13.1 Å². The Bertz CT molecular complexity index is 5620. The van der Waals surface area contributed by atoms with E-state index >= 15 is 0 Å². The third-order valence-corrected chi connectivity index (χ3v) is 20.3. The highest BCUT2D eigenvalue weighted by atomic mass is 15.1. The first-order valence-electron chi connectivity index (χ1n) is 30.4. The Morgan fingerprint density at radius 2 is 0.736 bits per heavy atom. The molecule has 402 valence electrons. The van der Waals surface area contributed by atoms with E-state index < -0.39 is 10.8 Å². The van der Waals surface area contributed by atoms with E-state index in [-0.39, 0.29) is 0 Å². The first-order chi connectivity index (χ1) is 43.2. The highest BCUT2D eigenvalue weighted by Gasteiger charge is 2.54. The van der Waals surface area contributed by atoms with E-state index in [4.69, 9.17) is 0 Å². The van der Waals surface area contributed by atoms with Gasteiger partial charge in [-0.2, -0.15) is 0 Å². The first-order valence-corrected chi connectivity index (χ1v) is 30.4. The zero-order valence-corrected chi connectivity index (χ0v) is 47.3. The number of hydrogen-bond acceptors (Lipinski definition) is 1. The van der Waals surface area contributed by atoms with Gasteiger partial charge >= 0.3 is 0 Å². The van der Waals surface area contributed by atoms with E-state index in [0.29, 0.717) is 0 Å². The van der Waals surface area contributed by atoms with Crippen LogP contribution >= 0.6 is 0 Å². The molecule has 3 heterocycles. The lowest BCUT2D eigenvalue weighted by atomic mass is 9.65. The Labute approximate surface area is 503 Å². The highest BCUT2D eigenvalue weighted by molar-refractivity contribution is 6.16. The molecule has 0 radical (unpaired) electrons. The van der Waals surface area contributed by atoms with Gasteiger partial charge in [0, 0.05) is 43.9 Å². The van der Waals surface area contributed by atoms with Crippen molar-refractivity contribution in [3.63, 3.8) is 0 Å². The molecule has 3 aliphatic carbocycles. The van der Waals surface area contributed by atoms with Gasteiger partial charge in [-0.25, -0.2) is 0 Å². The van der Waals surface area contributed by atoms with Crippen LogP contribution in [0.15, 0.2) is 309 Å². The quantitative estimate of drug-likeness (QED) is 0.167. The molecule has 0 amide bonds. The first kappa shape index (κ1) is 47.1. The van der Waals surface area contributed by atoms with Crippen LogP contribution in [0.1, 0.15) is 44.5 Å². The van der Waals surface area contributed by atoms with E-state index in [2.05, 4.69) is 323 Å². The number of anilines is 3. The Balaban J connectivity index is 0.879. The molecule has 14 aromatic carbocycles. The molecule has 0 bridgehead atoms. The van der Waals surface area contributed by atoms with Crippen LogP contribution in [0.25, 0.3) is 110 Å². The van der Waals surface area contributed by atoms with Crippen LogP contribution in [0, 0.1) is 0 Å². The average molecular weight is 1100 g/mol. The lowest BCUT2D eigenvalue weighted by molar-refractivity contribution is 0.748. The summed E-state index contributed by atoms with van der Waals surface area (Å²) >= 11 is 0. The predicted molar refractivity (Wildman–Crippen MR) is 360 cm³/mol. The summed E-state index contributed by atoms with van der Waals surface area (Å²) < 4.78 is 4.96. The van der Waals surface area contributed by atoms with E-state index in [1.54, 1.807) is 0 Å². The van der Waals surface area contributed by atoms with Crippen LogP contribution < -0.4 is 4.90 Å². The monoisotopic (exact) mass is 1100 g/mol. The second-order valence-electron chi connectivity index (χ2n) is 24.1. The summed E-state index contributed by atoms with van der Waals surface area (Å²) in [4.78, 5) is 2.63. The van der Waals surface area contributed by atoms with Crippen molar-refractivity contribution in [1.29, 1.82) is 0 Å². The summed E-state index contributed by atoms with van der Waals surface area (Å²) in [5.74, 6) is 0. The molecule has 3 heteroatoms. The average Bonchev–Trinajstić information content (AvgIpc) is 1.54. The minimum atomic E-state index is -0.637. The van der Waals surface area contributed by atoms with Crippen molar-refractivity contribution in [2.24, 2.45) is 0 Å². The zero-order valence-electron chi connectivity index (χ0n) is 47.3. The number of para-hydroxylation sites is 5. The van der Waals surface area contributed by atoms with Crippen LogP contribution in [0.2, 0.25) is 0 Å². The molecule has 1 aliphatic heterocycles. The molecule has 87 heavy (non-hydrogen) atoms. The fourth-order valence-corrected chi connectivity index (χ4v) is 17.1. The summed E-state index contributed by atoms with van der Waals surface area (Å²) in [6, 6.07) is 117. The summed E-state index contributed by atoms with van der Waals surface area (Å²) in [5.41, 5.74) is 29.9. The van der Waals surface area contributed by atoms with Crippen molar-refractivity contribution in [1.82, 2.24) is 9.13 Å². The number of nitrogens with zero attached hydrogens (tertiary/aromatic N) is 3. The normalized spacial score (nSPS) is 15.0. The summed E-state index contributed by atoms with van der Waals surface area (Å²) in [7, 11) is 0. The minimum Gasteiger partial charge on any atom is -0.309 e. The van der Waals surface area contributed by atoms with Gasteiger partial charge in [-0.3, -0.25) is 0 Å². The van der Waals surface area contributed by atoms with Crippen LogP contribution in [-0.2, 0) is 10.8 Å². The number of benzene rings is 14. The van der Waals surface area contributed by atoms with Gasteiger partial charge in [0.05, 0.1) is 50.0 Å². The Hall–Kier alpha value is -11.3. The van der Waals surface area contributed by atoms with Crippen molar-refractivity contribution in [3.05, 3.63) is 354 Å². The van der Waals surface area contributed by atoms with Gasteiger partial charge in [0.15, 0.2) is 0 Å². The number of hydrogen-bond donors (Lipinski definition) is 0. The van der Waals surface area contributed by atoms with Gasteiger partial charge in [0.25, 0.3) is 0 Å². The fraction of sp³-hybridized carbons (Fsp3) is 0.0238. The van der Waals surface area contributed by atoms with E-state index in [0.717, 1.165) is 28.3 Å². The maximum Gasteiger partial charge on any atom is 0.0755 e. The molecule has 0 saturated carbocycles. The highest BCUT2D eigenvalue weighted by Crippen LogP contribution is 2.67. The third kappa shape index (κ3) is 5.86. The molecule has 4 aliphatic rings. The molecule has 2 spiro atoms. The number of rotatable bonds is 5. The van der Waals surface area contributed by atoms with E-state index in [9.17, 15) is 0 Å². The van der Waals surface area contributed by atoms with E-state index in [1.165, 1.54) is 144 Å². The Kier molecular flexibility index (Phi) is 9.32. The van der Waals surface area contributed by atoms with Gasteiger partial charge in [-0.1, -0.05) is 249 Å². The fourth-order valence-electron chi connectivity index (χ4n) is 17.1. The molecule has 2 aromatic heterocycles. The van der Waals surface area contributed by atoms with Gasteiger partial charge in [-0.15, -0.1) is 0 Å². The van der Waals surface area contributed by atoms with Crippen molar-refractivity contribution in [2.75, 3.05) is 4.90 Å². The summed E-state index contributed by atoms with van der Waals surface area (Å²) in [5, 5.41) is 7.47. The molecule has 3 nitrogen and oxygen atoms in total. The van der Waals surface area contributed by atoms with Crippen LogP contribution in [0.3, 0.4) is 0 Å². The number of fused-ring (bicyclic) bond motifs is 27. The maximum absolute atomic E-state index is 2.63. The van der Waals surface area contributed by atoms with Gasteiger partial charge in [-0.05, 0) is 150 Å².